The summed E-state index contributed by atoms with van der Waals surface area (Å²) in [6.07, 6.45) is 2.35. The van der Waals surface area contributed by atoms with E-state index in [1.165, 1.54) is 12.8 Å². The van der Waals surface area contributed by atoms with E-state index in [9.17, 15) is 4.57 Å². The molecule has 0 radical (unpaired) electrons. The van der Waals surface area contributed by atoms with Crippen LogP contribution in [0.25, 0.3) is 0 Å². The zero-order chi connectivity index (χ0) is 17.8. The smallest absolute Gasteiger partial charge is 0.163 e. The Bertz CT molecular complexity index is 830. The second-order valence-electron chi connectivity index (χ2n) is 6.86. The highest BCUT2D eigenvalue weighted by molar-refractivity contribution is 7.78. The third-order valence-electron chi connectivity index (χ3n) is 5.21. The molecule has 1 aliphatic rings. The molecular formula is C23H24NOP. The van der Waals surface area contributed by atoms with Crippen molar-refractivity contribution < 1.29 is 4.57 Å². The summed E-state index contributed by atoms with van der Waals surface area (Å²) in [5.41, 5.74) is 1.14. The van der Waals surface area contributed by atoms with Crippen molar-refractivity contribution in [3.05, 3.63) is 96.6 Å². The fraction of sp³-hybridized carbons (Fsp3) is 0.217. The number of hydrogen-bond acceptors (Lipinski definition) is 2. The topological polar surface area (TPSA) is 20.3 Å². The van der Waals surface area contributed by atoms with Gasteiger partial charge in [0.25, 0.3) is 0 Å². The van der Waals surface area contributed by atoms with Crippen LogP contribution in [0, 0.1) is 0 Å². The van der Waals surface area contributed by atoms with E-state index in [0.29, 0.717) is 0 Å². The molecule has 0 amide bonds. The van der Waals surface area contributed by atoms with Crippen molar-refractivity contribution in [2.75, 3.05) is 13.1 Å². The summed E-state index contributed by atoms with van der Waals surface area (Å²) in [7, 11) is -2.88. The van der Waals surface area contributed by atoms with Crippen molar-refractivity contribution >= 4 is 17.8 Å². The number of hydrogen-bond donors (Lipinski definition) is 0. The average molecular weight is 361 g/mol. The molecule has 1 aliphatic heterocycles. The molecule has 0 saturated carbocycles. The fourth-order valence-electron chi connectivity index (χ4n) is 3.99. The van der Waals surface area contributed by atoms with Crippen LogP contribution in [0.15, 0.2) is 91.0 Å². The maximum atomic E-state index is 14.9. The largest absolute Gasteiger partial charge is 0.312 e. The van der Waals surface area contributed by atoms with E-state index in [-0.39, 0.29) is 5.78 Å². The summed E-state index contributed by atoms with van der Waals surface area (Å²) in [6, 6.07) is 30.5. The van der Waals surface area contributed by atoms with Crippen LogP contribution in [0.4, 0.5) is 0 Å². The minimum atomic E-state index is -2.88. The third kappa shape index (κ3) is 3.16. The highest BCUT2D eigenvalue weighted by atomic mass is 31.2. The maximum absolute atomic E-state index is 14.9. The summed E-state index contributed by atoms with van der Waals surface area (Å²) in [6.45, 7) is 2.01. The molecule has 3 heteroatoms. The molecule has 1 unspecified atom stereocenters. The van der Waals surface area contributed by atoms with Gasteiger partial charge in [-0.15, -0.1) is 0 Å². The molecular weight excluding hydrogens is 337 g/mol. The minimum absolute atomic E-state index is 0.115. The molecule has 4 rings (SSSR count). The van der Waals surface area contributed by atoms with Crippen molar-refractivity contribution in [2.24, 2.45) is 0 Å². The van der Waals surface area contributed by atoms with E-state index in [1.807, 2.05) is 66.7 Å². The van der Waals surface area contributed by atoms with Crippen molar-refractivity contribution in [3.8, 4) is 0 Å². The van der Waals surface area contributed by atoms with Crippen LogP contribution in [0.1, 0.15) is 24.2 Å². The standard InChI is InChI=1S/C23H24NOP/c25-26(21-14-6-2-7-15-21,22-16-8-3-9-17-22)23(24-18-10-11-19-24)20-12-4-1-5-13-20/h1-9,12-17,23H,10-11,18-19H2. The van der Waals surface area contributed by atoms with E-state index >= 15 is 0 Å². The zero-order valence-corrected chi connectivity index (χ0v) is 15.8. The Labute approximate surface area is 155 Å². The Morgan fingerprint density at radius 2 is 1.08 bits per heavy atom. The van der Waals surface area contributed by atoms with Gasteiger partial charge in [0, 0.05) is 10.6 Å². The molecule has 26 heavy (non-hydrogen) atoms. The first-order valence-corrected chi connectivity index (χ1v) is 11.1. The summed E-state index contributed by atoms with van der Waals surface area (Å²) < 4.78 is 14.9. The van der Waals surface area contributed by atoms with Gasteiger partial charge in [-0.1, -0.05) is 91.0 Å². The molecule has 3 aromatic carbocycles. The predicted molar refractivity (Wildman–Crippen MR) is 110 cm³/mol. The number of nitrogens with zero attached hydrogens (tertiary/aromatic N) is 1. The lowest BCUT2D eigenvalue weighted by atomic mass is 10.2. The Morgan fingerprint density at radius 1 is 0.654 bits per heavy atom. The number of rotatable bonds is 5. The van der Waals surface area contributed by atoms with E-state index in [4.69, 9.17) is 0 Å². The molecule has 3 aromatic rings. The van der Waals surface area contributed by atoms with Crippen LogP contribution in [0.3, 0.4) is 0 Å². The molecule has 132 valence electrons. The normalized spacial score (nSPS) is 16.5. The lowest BCUT2D eigenvalue weighted by molar-refractivity contribution is 0.310. The van der Waals surface area contributed by atoms with Crippen molar-refractivity contribution in [2.45, 2.75) is 18.6 Å². The lowest BCUT2D eigenvalue weighted by Crippen LogP contribution is -2.32. The summed E-state index contributed by atoms with van der Waals surface area (Å²) >= 11 is 0. The molecule has 1 fully saturated rings. The molecule has 1 heterocycles. The summed E-state index contributed by atoms with van der Waals surface area (Å²) in [5.74, 6) is -0.115. The molecule has 0 spiro atoms. The quantitative estimate of drug-likeness (QED) is 0.609. The van der Waals surface area contributed by atoms with Gasteiger partial charge in [-0.3, -0.25) is 4.90 Å². The number of benzene rings is 3. The molecule has 0 aliphatic carbocycles. The minimum Gasteiger partial charge on any atom is -0.312 e. The van der Waals surface area contributed by atoms with Gasteiger partial charge in [0.2, 0.25) is 0 Å². The Balaban J connectivity index is 1.94. The first-order valence-electron chi connectivity index (χ1n) is 9.30. The van der Waals surface area contributed by atoms with Crippen LogP contribution in [0.5, 0.6) is 0 Å². The first kappa shape index (κ1) is 17.3. The first-order chi connectivity index (χ1) is 12.8. The van der Waals surface area contributed by atoms with E-state index in [2.05, 4.69) is 29.2 Å². The second-order valence-corrected chi connectivity index (χ2v) is 9.69. The monoisotopic (exact) mass is 361 g/mol. The fourth-order valence-corrected chi connectivity index (χ4v) is 7.37. The highest BCUT2D eigenvalue weighted by Crippen LogP contribution is 2.59. The Hall–Kier alpha value is -2.15. The van der Waals surface area contributed by atoms with Gasteiger partial charge < -0.3 is 4.57 Å². The maximum Gasteiger partial charge on any atom is 0.163 e. The number of likely N-dealkylation sites (tertiary alicyclic amines) is 1. The summed E-state index contributed by atoms with van der Waals surface area (Å²) in [4.78, 5) is 2.43. The van der Waals surface area contributed by atoms with E-state index in [1.54, 1.807) is 0 Å². The van der Waals surface area contributed by atoms with Crippen LogP contribution in [-0.4, -0.2) is 18.0 Å². The van der Waals surface area contributed by atoms with Crippen molar-refractivity contribution in [1.82, 2.24) is 4.90 Å². The van der Waals surface area contributed by atoms with Gasteiger partial charge in [-0.25, -0.2) is 0 Å². The molecule has 0 bridgehead atoms. The second kappa shape index (κ2) is 7.61. The molecule has 0 N–H and O–H groups in total. The zero-order valence-electron chi connectivity index (χ0n) is 14.9. The van der Waals surface area contributed by atoms with E-state index < -0.39 is 7.14 Å². The predicted octanol–water partition coefficient (Wildman–Crippen LogP) is 4.80. The van der Waals surface area contributed by atoms with Crippen LogP contribution < -0.4 is 10.6 Å². The van der Waals surface area contributed by atoms with E-state index in [0.717, 1.165) is 29.3 Å². The van der Waals surface area contributed by atoms with Gasteiger partial charge in [0.15, 0.2) is 7.14 Å². The average Bonchev–Trinajstić information content (AvgIpc) is 3.24. The van der Waals surface area contributed by atoms with Crippen LogP contribution in [-0.2, 0) is 4.57 Å². The molecule has 1 saturated heterocycles. The van der Waals surface area contributed by atoms with Crippen LogP contribution >= 0.6 is 7.14 Å². The van der Waals surface area contributed by atoms with Gasteiger partial charge in [0.05, 0.1) is 5.78 Å². The summed E-state index contributed by atoms with van der Waals surface area (Å²) in [5, 5.41) is 1.87. The van der Waals surface area contributed by atoms with Crippen molar-refractivity contribution in [3.63, 3.8) is 0 Å². The van der Waals surface area contributed by atoms with Crippen LogP contribution in [0.2, 0.25) is 0 Å². The Kier molecular flexibility index (Phi) is 5.06. The highest BCUT2D eigenvalue weighted by Gasteiger charge is 2.41. The van der Waals surface area contributed by atoms with Gasteiger partial charge in [-0.05, 0) is 31.5 Å². The van der Waals surface area contributed by atoms with Gasteiger partial charge >= 0.3 is 0 Å². The Morgan fingerprint density at radius 3 is 1.54 bits per heavy atom. The molecule has 0 aromatic heterocycles. The van der Waals surface area contributed by atoms with Gasteiger partial charge in [-0.2, -0.15) is 0 Å². The van der Waals surface area contributed by atoms with Gasteiger partial charge in [0.1, 0.15) is 0 Å². The molecule has 1 atom stereocenters. The van der Waals surface area contributed by atoms with Crippen molar-refractivity contribution in [1.29, 1.82) is 0 Å². The SMILES string of the molecule is O=P(c1ccccc1)(c1ccccc1)C(c1ccccc1)N1CCCC1. The molecule has 2 nitrogen and oxygen atoms in total. The third-order valence-corrected chi connectivity index (χ3v) is 8.65. The lowest BCUT2D eigenvalue weighted by Gasteiger charge is -2.35.